The highest BCUT2D eigenvalue weighted by molar-refractivity contribution is 14.0. The van der Waals surface area contributed by atoms with Crippen LogP contribution in [0.1, 0.15) is 35.3 Å². The Hall–Kier alpha value is -2.49. The number of aliphatic imine (C=N–C) groups is 1. The summed E-state index contributed by atoms with van der Waals surface area (Å²) in [5.74, 6) is 2.12. The quantitative estimate of drug-likeness (QED) is 0.265. The highest BCUT2D eigenvalue weighted by Gasteiger charge is 2.07. The van der Waals surface area contributed by atoms with Gasteiger partial charge in [0.25, 0.3) is 5.91 Å². The number of hydrogen-bond acceptors (Lipinski definition) is 4. The van der Waals surface area contributed by atoms with Gasteiger partial charge in [0.15, 0.2) is 5.96 Å². The van der Waals surface area contributed by atoms with E-state index in [-0.39, 0.29) is 29.9 Å². The van der Waals surface area contributed by atoms with Crippen molar-refractivity contribution in [3.63, 3.8) is 0 Å². The lowest BCUT2D eigenvalue weighted by atomic mass is 10.1. The molecule has 2 aromatic carbocycles. The highest BCUT2D eigenvalue weighted by atomic mass is 127. The van der Waals surface area contributed by atoms with Crippen LogP contribution in [0.5, 0.6) is 11.5 Å². The fourth-order valence-corrected chi connectivity index (χ4v) is 2.76. The molecule has 0 aromatic heterocycles. The number of ether oxygens (including phenoxy) is 2. The fourth-order valence-electron chi connectivity index (χ4n) is 2.76. The van der Waals surface area contributed by atoms with Crippen LogP contribution in [0.2, 0.25) is 0 Å². The lowest BCUT2D eigenvalue weighted by molar-refractivity contribution is 0.0955. The number of nitrogens with one attached hydrogen (secondary N) is 3. The van der Waals surface area contributed by atoms with Crippen LogP contribution in [0.3, 0.4) is 0 Å². The first-order chi connectivity index (χ1) is 14.1. The van der Waals surface area contributed by atoms with Crippen LogP contribution in [0.15, 0.2) is 47.5 Å². The minimum absolute atomic E-state index is 0. The van der Waals surface area contributed by atoms with E-state index in [1.807, 2.05) is 50.2 Å². The minimum atomic E-state index is -0.0741. The first-order valence-electron chi connectivity index (χ1n) is 9.71. The molecule has 3 N–H and O–H groups in total. The molecule has 8 heteroatoms. The van der Waals surface area contributed by atoms with Crippen molar-refractivity contribution in [3.05, 3.63) is 59.2 Å². The maximum Gasteiger partial charge on any atom is 0.251 e. The Morgan fingerprint density at radius 3 is 2.40 bits per heavy atom. The number of carbonyl (C=O) groups is 1. The molecule has 0 fully saturated rings. The summed E-state index contributed by atoms with van der Waals surface area (Å²) in [5, 5.41) is 9.36. The Bertz CT molecular complexity index is 843. The molecule has 0 atom stereocenters. The molecule has 0 aliphatic carbocycles. The molecule has 0 bridgehead atoms. The zero-order valence-electron chi connectivity index (χ0n) is 18.0. The van der Waals surface area contributed by atoms with E-state index in [9.17, 15) is 4.79 Å². The number of amides is 1. The summed E-state index contributed by atoms with van der Waals surface area (Å²) in [6.07, 6.45) is 0. The van der Waals surface area contributed by atoms with E-state index in [4.69, 9.17) is 9.47 Å². The Morgan fingerprint density at radius 1 is 0.967 bits per heavy atom. The van der Waals surface area contributed by atoms with Gasteiger partial charge in [0.2, 0.25) is 0 Å². The van der Waals surface area contributed by atoms with Gasteiger partial charge in [0, 0.05) is 36.8 Å². The van der Waals surface area contributed by atoms with Gasteiger partial charge < -0.3 is 25.4 Å². The summed E-state index contributed by atoms with van der Waals surface area (Å²) in [5.41, 5.74) is 2.60. The number of guanidine groups is 1. The lowest BCUT2D eigenvalue weighted by Gasteiger charge is -2.14. The summed E-state index contributed by atoms with van der Waals surface area (Å²) in [6, 6.07) is 13.2. The number of halogens is 1. The van der Waals surface area contributed by atoms with Crippen LogP contribution in [-0.4, -0.2) is 39.2 Å². The molecule has 0 saturated heterocycles. The number of benzene rings is 2. The molecule has 30 heavy (non-hydrogen) atoms. The molecule has 0 unspecified atom stereocenters. The van der Waals surface area contributed by atoms with Gasteiger partial charge in [-0.25, -0.2) is 4.99 Å². The molecule has 0 radical (unpaired) electrons. The number of hydrogen-bond donors (Lipinski definition) is 3. The number of carbonyl (C=O) groups excluding carboxylic acids is 1. The van der Waals surface area contributed by atoms with Gasteiger partial charge in [-0.3, -0.25) is 4.79 Å². The first kappa shape index (κ1) is 25.5. The normalized spacial score (nSPS) is 10.6. The van der Waals surface area contributed by atoms with Crippen molar-refractivity contribution >= 4 is 35.8 Å². The molecule has 2 aromatic rings. The molecule has 0 aliphatic heterocycles. The third kappa shape index (κ3) is 7.74. The van der Waals surface area contributed by atoms with Crippen molar-refractivity contribution in [2.24, 2.45) is 4.99 Å². The molecule has 0 aliphatic rings. The summed E-state index contributed by atoms with van der Waals surface area (Å²) >= 11 is 0. The lowest BCUT2D eigenvalue weighted by Crippen LogP contribution is -2.36. The topological polar surface area (TPSA) is 84.0 Å². The van der Waals surface area contributed by atoms with Crippen LogP contribution < -0.4 is 25.4 Å². The minimum Gasteiger partial charge on any atom is -0.497 e. The average Bonchev–Trinajstić information content (AvgIpc) is 2.76. The van der Waals surface area contributed by atoms with Crippen molar-refractivity contribution in [1.82, 2.24) is 16.0 Å². The van der Waals surface area contributed by atoms with Gasteiger partial charge in [-0.2, -0.15) is 0 Å². The van der Waals surface area contributed by atoms with E-state index in [2.05, 4.69) is 20.9 Å². The standard InChI is InChI=1S/C22H30N4O3.HI/c1-5-23-21(27)17-9-7-8-16(12-17)14-25-22(24-6-2)26-15-18-10-11-19(28-3)13-20(18)29-4;/h7-13H,5-6,14-15H2,1-4H3,(H,23,27)(H2,24,25,26);1H. The third-order valence-electron chi connectivity index (χ3n) is 4.23. The first-order valence-corrected chi connectivity index (χ1v) is 9.71. The van der Waals surface area contributed by atoms with E-state index >= 15 is 0 Å². The van der Waals surface area contributed by atoms with Gasteiger partial charge in [0.05, 0.1) is 20.8 Å². The van der Waals surface area contributed by atoms with Crippen molar-refractivity contribution < 1.29 is 14.3 Å². The molecule has 0 spiro atoms. The molecule has 2 rings (SSSR count). The summed E-state index contributed by atoms with van der Waals surface area (Å²) < 4.78 is 10.7. The van der Waals surface area contributed by atoms with Crippen LogP contribution >= 0.6 is 24.0 Å². The van der Waals surface area contributed by atoms with Gasteiger partial charge >= 0.3 is 0 Å². The third-order valence-corrected chi connectivity index (χ3v) is 4.23. The van der Waals surface area contributed by atoms with Crippen molar-refractivity contribution in [1.29, 1.82) is 0 Å². The predicted molar refractivity (Wildman–Crippen MR) is 131 cm³/mol. The number of rotatable bonds is 9. The monoisotopic (exact) mass is 526 g/mol. The number of methoxy groups -OCH3 is 2. The summed E-state index contributed by atoms with van der Waals surface area (Å²) in [6.45, 7) is 6.27. The molecule has 0 heterocycles. The van der Waals surface area contributed by atoms with Crippen molar-refractivity contribution in [2.75, 3.05) is 27.3 Å². The van der Waals surface area contributed by atoms with Gasteiger partial charge in [0.1, 0.15) is 11.5 Å². The zero-order chi connectivity index (χ0) is 21.1. The van der Waals surface area contributed by atoms with E-state index in [1.165, 1.54) is 0 Å². The van der Waals surface area contributed by atoms with Crippen LogP contribution in [0.25, 0.3) is 0 Å². The van der Waals surface area contributed by atoms with E-state index in [0.717, 1.165) is 29.2 Å². The molecule has 1 amide bonds. The molecular formula is C22H31IN4O3. The smallest absolute Gasteiger partial charge is 0.251 e. The second-order valence-corrected chi connectivity index (χ2v) is 6.29. The Labute approximate surface area is 195 Å². The second kappa shape index (κ2) is 13.7. The number of nitrogens with zero attached hydrogens (tertiary/aromatic N) is 1. The molecule has 7 nitrogen and oxygen atoms in total. The maximum absolute atomic E-state index is 12.0. The Kier molecular flexibility index (Phi) is 11.7. The maximum atomic E-state index is 12.0. The van der Waals surface area contributed by atoms with Crippen molar-refractivity contribution in [3.8, 4) is 11.5 Å². The van der Waals surface area contributed by atoms with E-state index < -0.39 is 0 Å². The molecule has 164 valence electrons. The largest absolute Gasteiger partial charge is 0.497 e. The van der Waals surface area contributed by atoms with Crippen LogP contribution in [0, 0.1) is 0 Å². The Morgan fingerprint density at radius 2 is 1.73 bits per heavy atom. The Balaban J connectivity index is 0.00000450. The van der Waals surface area contributed by atoms with Crippen LogP contribution in [0.4, 0.5) is 0 Å². The SMILES string of the molecule is CCNC(=O)c1cccc(CN=C(NCC)NCc2ccc(OC)cc2OC)c1.I. The van der Waals surface area contributed by atoms with E-state index in [1.54, 1.807) is 20.3 Å². The van der Waals surface area contributed by atoms with Gasteiger partial charge in [-0.1, -0.05) is 12.1 Å². The zero-order valence-corrected chi connectivity index (χ0v) is 20.3. The molecular weight excluding hydrogens is 495 g/mol. The van der Waals surface area contributed by atoms with Gasteiger partial charge in [-0.15, -0.1) is 24.0 Å². The molecule has 0 saturated carbocycles. The van der Waals surface area contributed by atoms with Gasteiger partial charge in [-0.05, 0) is 43.7 Å². The second-order valence-electron chi connectivity index (χ2n) is 6.29. The predicted octanol–water partition coefficient (Wildman–Crippen LogP) is 3.33. The fraction of sp³-hybridized carbons (Fsp3) is 0.364. The van der Waals surface area contributed by atoms with E-state index in [0.29, 0.717) is 31.2 Å². The van der Waals surface area contributed by atoms with Crippen molar-refractivity contribution in [2.45, 2.75) is 26.9 Å². The summed E-state index contributed by atoms with van der Waals surface area (Å²) in [4.78, 5) is 16.6. The summed E-state index contributed by atoms with van der Waals surface area (Å²) in [7, 11) is 3.27. The van der Waals surface area contributed by atoms with Crippen LogP contribution in [-0.2, 0) is 13.1 Å². The highest BCUT2D eigenvalue weighted by Crippen LogP contribution is 2.24. The average molecular weight is 526 g/mol.